The first-order chi connectivity index (χ1) is 14.5. The summed E-state index contributed by atoms with van der Waals surface area (Å²) < 4.78 is 32.7. The molecule has 2 rings (SSSR count). The second kappa shape index (κ2) is 10.5. The number of sulfonamides is 1. The number of nitrogens with zero attached hydrogens (tertiary/aromatic N) is 2. The lowest BCUT2D eigenvalue weighted by Gasteiger charge is -2.21. The van der Waals surface area contributed by atoms with Crippen LogP contribution in [0.5, 0.6) is 5.88 Å². The summed E-state index contributed by atoms with van der Waals surface area (Å²) in [6, 6.07) is 3.13. The van der Waals surface area contributed by atoms with Crippen molar-refractivity contribution in [2.24, 2.45) is 0 Å². The number of likely N-dealkylation sites (N-methyl/N-ethyl adjacent to an activating group) is 1. The Morgan fingerprint density at radius 3 is 2.26 bits per heavy atom. The predicted octanol–water partition coefficient (Wildman–Crippen LogP) is 3.14. The number of carbonyl (C=O) groups excluding carboxylic acids is 1. The van der Waals surface area contributed by atoms with E-state index in [1.54, 1.807) is 7.05 Å². The third-order valence-corrected chi connectivity index (χ3v) is 5.72. The molecule has 3 N–H and O–H groups in total. The van der Waals surface area contributed by atoms with Gasteiger partial charge in [0.15, 0.2) is 5.03 Å². The summed E-state index contributed by atoms with van der Waals surface area (Å²) in [6.45, 7) is 10.9. The summed E-state index contributed by atoms with van der Waals surface area (Å²) in [7, 11) is -2.47. The first-order valence-electron chi connectivity index (χ1n) is 10.1. The van der Waals surface area contributed by atoms with Gasteiger partial charge < -0.3 is 15.4 Å². The maximum atomic E-state index is 12.7. The van der Waals surface area contributed by atoms with Gasteiger partial charge >= 0.3 is 6.03 Å². The van der Waals surface area contributed by atoms with Gasteiger partial charge in [-0.1, -0.05) is 45.4 Å². The zero-order valence-electron chi connectivity index (χ0n) is 18.8. The van der Waals surface area contributed by atoms with Gasteiger partial charge in [-0.2, -0.15) is 13.4 Å². The van der Waals surface area contributed by atoms with Gasteiger partial charge in [-0.25, -0.2) is 9.52 Å². The Bertz CT molecular complexity index is 993. The lowest BCUT2D eigenvalue weighted by molar-refractivity contribution is 0.256. The average Bonchev–Trinajstić information content (AvgIpc) is 2.68. The van der Waals surface area contributed by atoms with Crippen molar-refractivity contribution in [3.63, 3.8) is 0 Å². The molecule has 0 fully saturated rings. The number of rotatable bonds is 9. The average molecular weight is 450 g/mol. The van der Waals surface area contributed by atoms with E-state index in [9.17, 15) is 13.2 Å². The van der Waals surface area contributed by atoms with E-state index in [4.69, 9.17) is 4.74 Å². The van der Waals surface area contributed by atoms with Gasteiger partial charge in [0.25, 0.3) is 10.0 Å². The second-order valence-corrected chi connectivity index (χ2v) is 9.46. The Morgan fingerprint density at radius 2 is 1.71 bits per heavy atom. The minimum absolute atomic E-state index is 0.0567. The molecule has 0 unspecified atom stereocenters. The molecule has 2 aromatic rings. The summed E-state index contributed by atoms with van der Waals surface area (Å²) >= 11 is 0. The van der Waals surface area contributed by atoms with Crippen LogP contribution in [0.2, 0.25) is 0 Å². The molecule has 0 saturated heterocycles. The molecular formula is C21H31N5O4S. The molecule has 170 valence electrons. The van der Waals surface area contributed by atoms with Crippen LogP contribution in [0.3, 0.4) is 0 Å². The lowest BCUT2D eigenvalue weighted by Crippen LogP contribution is -2.35. The van der Waals surface area contributed by atoms with Crippen LogP contribution in [0.15, 0.2) is 29.6 Å². The largest absolute Gasteiger partial charge is 0.475 e. The molecule has 0 aliphatic carbocycles. The molecule has 31 heavy (non-hydrogen) atoms. The van der Waals surface area contributed by atoms with Crippen LogP contribution in [-0.4, -0.2) is 44.6 Å². The van der Waals surface area contributed by atoms with E-state index in [1.807, 2.05) is 51.5 Å². The summed E-state index contributed by atoms with van der Waals surface area (Å²) in [5.74, 6) is 0.337. The van der Waals surface area contributed by atoms with Gasteiger partial charge in [-0.3, -0.25) is 4.98 Å². The second-order valence-electron chi connectivity index (χ2n) is 7.83. The van der Waals surface area contributed by atoms with E-state index in [0.717, 1.165) is 22.9 Å². The van der Waals surface area contributed by atoms with Crippen molar-refractivity contribution < 1.29 is 17.9 Å². The maximum Gasteiger partial charge on any atom is 0.333 e. The number of amides is 2. The standard InChI is InChI=1S/C21H31N5O4S/c1-13(2)16-9-15(5)10-17(14(3)4)20(16)25-21(27)26-31(28,29)19-12-23-11-18(24-19)30-8-7-22-6/h9-14,22H,7-8H2,1-6H3,(H2,25,26,27). The van der Waals surface area contributed by atoms with E-state index in [1.165, 1.54) is 6.20 Å². The van der Waals surface area contributed by atoms with Gasteiger partial charge in [-0.05, 0) is 36.9 Å². The molecule has 0 spiro atoms. The van der Waals surface area contributed by atoms with Gasteiger partial charge in [0.05, 0.1) is 12.4 Å². The van der Waals surface area contributed by atoms with E-state index in [0.29, 0.717) is 18.8 Å². The van der Waals surface area contributed by atoms with Crippen LogP contribution in [0.25, 0.3) is 0 Å². The Labute approximate surface area is 184 Å². The highest BCUT2D eigenvalue weighted by Gasteiger charge is 2.23. The Balaban J connectivity index is 2.25. The summed E-state index contributed by atoms with van der Waals surface area (Å²) in [5, 5.41) is 5.24. The molecule has 0 saturated carbocycles. The fourth-order valence-corrected chi connectivity index (χ4v) is 3.81. The smallest absolute Gasteiger partial charge is 0.333 e. The SMILES string of the molecule is CNCCOc1cncc(S(=O)(=O)NC(=O)Nc2c(C(C)C)cc(C)cc2C(C)C)n1. The Morgan fingerprint density at radius 1 is 1.10 bits per heavy atom. The Kier molecular flexibility index (Phi) is 8.35. The fourth-order valence-electron chi connectivity index (χ4n) is 3.00. The van der Waals surface area contributed by atoms with Crippen molar-refractivity contribution in [2.45, 2.75) is 51.5 Å². The van der Waals surface area contributed by atoms with Crippen LogP contribution < -0.4 is 20.1 Å². The van der Waals surface area contributed by atoms with Crippen LogP contribution in [0.1, 0.15) is 56.2 Å². The highest BCUT2D eigenvalue weighted by Crippen LogP contribution is 2.33. The number of urea groups is 1. The zero-order valence-corrected chi connectivity index (χ0v) is 19.6. The molecule has 2 amide bonds. The third kappa shape index (κ3) is 6.63. The van der Waals surface area contributed by atoms with Crippen LogP contribution in [-0.2, 0) is 10.0 Å². The molecular weight excluding hydrogens is 418 g/mol. The normalized spacial score (nSPS) is 11.6. The number of nitrogens with one attached hydrogen (secondary N) is 3. The van der Waals surface area contributed by atoms with Crippen molar-refractivity contribution in [3.05, 3.63) is 41.2 Å². The number of carbonyl (C=O) groups is 1. The fraction of sp³-hybridized carbons (Fsp3) is 0.476. The Hall–Kier alpha value is -2.72. The molecule has 1 aromatic carbocycles. The molecule has 10 heteroatoms. The van der Waals surface area contributed by atoms with Crippen molar-refractivity contribution >= 4 is 21.7 Å². The highest BCUT2D eigenvalue weighted by atomic mass is 32.2. The molecule has 0 aliphatic rings. The van der Waals surface area contributed by atoms with E-state index < -0.39 is 21.1 Å². The first-order valence-corrected chi connectivity index (χ1v) is 11.6. The van der Waals surface area contributed by atoms with Crippen LogP contribution in [0.4, 0.5) is 10.5 Å². The molecule has 0 atom stereocenters. The van der Waals surface area contributed by atoms with Gasteiger partial charge in [0.2, 0.25) is 5.88 Å². The minimum atomic E-state index is -4.24. The molecule has 9 nitrogen and oxygen atoms in total. The number of hydrogen-bond acceptors (Lipinski definition) is 7. The van der Waals surface area contributed by atoms with E-state index in [2.05, 4.69) is 20.6 Å². The van der Waals surface area contributed by atoms with Crippen LogP contribution >= 0.6 is 0 Å². The molecule has 1 heterocycles. The maximum absolute atomic E-state index is 12.7. The predicted molar refractivity (Wildman–Crippen MR) is 120 cm³/mol. The molecule has 0 radical (unpaired) electrons. The number of hydrogen-bond donors (Lipinski definition) is 3. The molecule has 1 aromatic heterocycles. The van der Waals surface area contributed by atoms with E-state index in [-0.39, 0.29) is 17.7 Å². The van der Waals surface area contributed by atoms with Gasteiger partial charge in [0, 0.05) is 12.2 Å². The van der Waals surface area contributed by atoms with Crippen LogP contribution in [0, 0.1) is 6.92 Å². The molecule has 0 bridgehead atoms. The third-order valence-electron chi connectivity index (χ3n) is 4.52. The zero-order chi connectivity index (χ0) is 23.2. The quantitative estimate of drug-likeness (QED) is 0.503. The number of aryl methyl sites for hydroxylation is 1. The topological polar surface area (TPSA) is 122 Å². The van der Waals surface area contributed by atoms with Gasteiger partial charge in [-0.15, -0.1) is 0 Å². The highest BCUT2D eigenvalue weighted by molar-refractivity contribution is 7.90. The number of anilines is 1. The molecule has 0 aliphatic heterocycles. The summed E-state index contributed by atoms with van der Waals surface area (Å²) in [4.78, 5) is 20.4. The van der Waals surface area contributed by atoms with Crippen molar-refractivity contribution in [1.29, 1.82) is 0 Å². The van der Waals surface area contributed by atoms with Crippen molar-refractivity contribution in [1.82, 2.24) is 20.0 Å². The minimum Gasteiger partial charge on any atom is -0.475 e. The van der Waals surface area contributed by atoms with Crippen molar-refractivity contribution in [2.75, 3.05) is 25.5 Å². The first kappa shape index (κ1) is 24.5. The number of aromatic nitrogens is 2. The summed E-state index contributed by atoms with van der Waals surface area (Å²) in [5.41, 5.74) is 3.59. The number of ether oxygens (including phenoxy) is 1. The van der Waals surface area contributed by atoms with E-state index >= 15 is 0 Å². The van der Waals surface area contributed by atoms with Crippen molar-refractivity contribution in [3.8, 4) is 5.88 Å². The summed E-state index contributed by atoms with van der Waals surface area (Å²) in [6.07, 6.45) is 2.37. The number of benzene rings is 1. The monoisotopic (exact) mass is 449 g/mol. The van der Waals surface area contributed by atoms with Gasteiger partial charge in [0.1, 0.15) is 6.61 Å². The lowest BCUT2D eigenvalue weighted by atomic mass is 9.90.